The first-order valence-electron chi connectivity index (χ1n) is 4.06. The van der Waals surface area contributed by atoms with E-state index < -0.39 is 11.2 Å². The van der Waals surface area contributed by atoms with Crippen molar-refractivity contribution in [1.29, 1.82) is 0 Å². The molecule has 2 rings (SSSR count). The predicted octanol–water partition coefficient (Wildman–Crippen LogP) is 1.02. The highest BCUT2D eigenvalue weighted by Gasteiger charge is 2.11. The lowest BCUT2D eigenvalue weighted by atomic mass is 10.1. The molecule has 0 unspecified atom stereocenters. The van der Waals surface area contributed by atoms with Crippen molar-refractivity contribution in [2.45, 2.75) is 0 Å². The molecule has 0 saturated carbocycles. The van der Waals surface area contributed by atoms with Crippen LogP contribution in [0, 0.1) is 0 Å². The largest absolute Gasteiger partial charge is 0.508 e. The van der Waals surface area contributed by atoms with E-state index in [0.717, 1.165) is 12.3 Å². The van der Waals surface area contributed by atoms with Gasteiger partial charge in [-0.05, 0) is 0 Å². The van der Waals surface area contributed by atoms with Gasteiger partial charge >= 0.3 is 0 Å². The fourth-order valence-corrected chi connectivity index (χ4v) is 1.31. The molecule has 5 nitrogen and oxygen atoms in total. The number of phenols is 2. The van der Waals surface area contributed by atoms with Gasteiger partial charge in [-0.15, -0.1) is 0 Å². The Morgan fingerprint density at radius 1 is 1.27 bits per heavy atom. The van der Waals surface area contributed by atoms with Gasteiger partial charge in [0, 0.05) is 12.1 Å². The number of aldehydes is 1. The van der Waals surface area contributed by atoms with Crippen LogP contribution in [0.25, 0.3) is 11.0 Å². The fourth-order valence-electron chi connectivity index (χ4n) is 1.31. The number of carbonyl (C=O) groups excluding carboxylic acids is 1. The molecule has 1 aromatic carbocycles. The summed E-state index contributed by atoms with van der Waals surface area (Å²) in [6, 6.07) is 2.19. The van der Waals surface area contributed by atoms with Crippen LogP contribution in [0.3, 0.4) is 0 Å². The number of fused-ring (bicyclic) bond motifs is 1. The summed E-state index contributed by atoms with van der Waals surface area (Å²) in [7, 11) is 0. The normalized spacial score (nSPS) is 10.4. The number of phenolic OH excluding ortho intramolecular Hbond substituents is 2. The molecule has 0 aliphatic rings. The van der Waals surface area contributed by atoms with Crippen molar-refractivity contribution in [2.75, 3.05) is 0 Å². The van der Waals surface area contributed by atoms with E-state index >= 15 is 0 Å². The van der Waals surface area contributed by atoms with Gasteiger partial charge in [-0.25, -0.2) is 0 Å². The number of hydrogen-bond donors (Lipinski definition) is 2. The van der Waals surface area contributed by atoms with Gasteiger partial charge in [0.25, 0.3) is 0 Å². The van der Waals surface area contributed by atoms with Gasteiger partial charge in [0.1, 0.15) is 28.7 Å². The Balaban J connectivity index is 2.99. The van der Waals surface area contributed by atoms with Gasteiger partial charge < -0.3 is 14.6 Å². The molecule has 0 fully saturated rings. The van der Waals surface area contributed by atoms with E-state index in [1.165, 1.54) is 6.07 Å². The quantitative estimate of drug-likeness (QED) is 0.680. The van der Waals surface area contributed by atoms with Crippen LogP contribution in [0.15, 0.2) is 27.6 Å². The van der Waals surface area contributed by atoms with Crippen molar-refractivity contribution < 1.29 is 19.4 Å². The summed E-state index contributed by atoms with van der Waals surface area (Å²) in [5, 5.41) is 18.4. The standard InChI is InChI=1S/C10H6O5/c11-3-5-4-15-8-2-6(12)1-7(13)9(8)10(5)14/h1-4,12-13H. The monoisotopic (exact) mass is 206 g/mol. The van der Waals surface area contributed by atoms with Crippen molar-refractivity contribution in [2.24, 2.45) is 0 Å². The molecule has 0 aliphatic carbocycles. The van der Waals surface area contributed by atoms with Gasteiger partial charge in [0.15, 0.2) is 6.29 Å². The summed E-state index contributed by atoms with van der Waals surface area (Å²) in [5.74, 6) is -0.635. The highest BCUT2D eigenvalue weighted by molar-refractivity contribution is 5.89. The molecule has 15 heavy (non-hydrogen) atoms. The summed E-state index contributed by atoms with van der Waals surface area (Å²) < 4.78 is 4.92. The Hall–Kier alpha value is -2.30. The van der Waals surface area contributed by atoms with Crippen LogP contribution in [0.4, 0.5) is 0 Å². The van der Waals surface area contributed by atoms with Crippen LogP contribution in [-0.2, 0) is 0 Å². The van der Waals surface area contributed by atoms with Gasteiger partial charge in [0.2, 0.25) is 5.43 Å². The summed E-state index contributed by atoms with van der Waals surface area (Å²) in [4.78, 5) is 22.0. The van der Waals surface area contributed by atoms with E-state index in [0.29, 0.717) is 6.29 Å². The number of rotatable bonds is 1. The summed E-state index contributed by atoms with van der Waals surface area (Å²) >= 11 is 0. The highest BCUT2D eigenvalue weighted by atomic mass is 16.3. The molecule has 0 bridgehead atoms. The third-order valence-corrected chi connectivity index (χ3v) is 2.00. The minimum absolute atomic E-state index is 0.0306. The van der Waals surface area contributed by atoms with Crippen molar-refractivity contribution in [3.8, 4) is 11.5 Å². The number of hydrogen-bond acceptors (Lipinski definition) is 5. The van der Waals surface area contributed by atoms with E-state index in [9.17, 15) is 14.7 Å². The van der Waals surface area contributed by atoms with Crippen LogP contribution in [-0.4, -0.2) is 16.5 Å². The number of aromatic hydroxyl groups is 2. The first kappa shape index (κ1) is 9.26. The van der Waals surface area contributed by atoms with Crippen LogP contribution in [0.5, 0.6) is 11.5 Å². The molecule has 2 N–H and O–H groups in total. The van der Waals surface area contributed by atoms with Gasteiger partial charge in [-0.1, -0.05) is 0 Å². The fraction of sp³-hybridized carbons (Fsp3) is 0. The molecule has 5 heteroatoms. The topological polar surface area (TPSA) is 87.7 Å². The third-order valence-electron chi connectivity index (χ3n) is 2.00. The second-order valence-electron chi connectivity index (χ2n) is 2.98. The number of carbonyl (C=O) groups is 1. The lowest BCUT2D eigenvalue weighted by Gasteiger charge is -2.00. The highest BCUT2D eigenvalue weighted by Crippen LogP contribution is 2.27. The lowest BCUT2D eigenvalue weighted by molar-refractivity contribution is 0.112. The number of benzene rings is 1. The average Bonchev–Trinajstić information content (AvgIpc) is 2.17. The molecule has 0 spiro atoms. The summed E-state index contributed by atoms with van der Waals surface area (Å²) in [5.41, 5.74) is -0.768. The van der Waals surface area contributed by atoms with E-state index in [1.807, 2.05) is 0 Å². The maximum absolute atomic E-state index is 11.6. The van der Waals surface area contributed by atoms with Crippen molar-refractivity contribution in [3.63, 3.8) is 0 Å². The molecule has 0 aliphatic heterocycles. The molecular formula is C10H6O5. The zero-order valence-corrected chi connectivity index (χ0v) is 7.43. The van der Waals surface area contributed by atoms with E-state index in [4.69, 9.17) is 9.52 Å². The van der Waals surface area contributed by atoms with Crippen molar-refractivity contribution in [1.82, 2.24) is 0 Å². The molecule has 0 atom stereocenters. The first-order valence-corrected chi connectivity index (χ1v) is 4.06. The molecule has 0 amide bonds. The minimum atomic E-state index is -0.622. The molecule has 0 radical (unpaired) electrons. The molecule has 2 aromatic rings. The Kier molecular flexibility index (Phi) is 1.93. The first-order chi connectivity index (χ1) is 7.13. The molecule has 1 heterocycles. The molecular weight excluding hydrogens is 200 g/mol. The van der Waals surface area contributed by atoms with Gasteiger partial charge in [-0.2, -0.15) is 0 Å². The van der Waals surface area contributed by atoms with Crippen LogP contribution >= 0.6 is 0 Å². The third kappa shape index (κ3) is 1.34. The van der Waals surface area contributed by atoms with Crippen LogP contribution in [0.2, 0.25) is 0 Å². The van der Waals surface area contributed by atoms with Crippen LogP contribution < -0.4 is 5.43 Å². The molecule has 0 saturated heterocycles. The Morgan fingerprint density at radius 2 is 2.00 bits per heavy atom. The Morgan fingerprint density at radius 3 is 2.67 bits per heavy atom. The predicted molar refractivity (Wildman–Crippen MR) is 51.2 cm³/mol. The van der Waals surface area contributed by atoms with E-state index in [-0.39, 0.29) is 22.3 Å². The van der Waals surface area contributed by atoms with Crippen molar-refractivity contribution >= 4 is 17.3 Å². The minimum Gasteiger partial charge on any atom is -0.508 e. The van der Waals surface area contributed by atoms with Gasteiger partial charge in [0.05, 0.1) is 5.56 Å². The zero-order valence-electron chi connectivity index (χ0n) is 7.43. The SMILES string of the molecule is O=Cc1coc2cc(O)cc(O)c2c1=O. The summed E-state index contributed by atoms with van der Waals surface area (Å²) in [6.07, 6.45) is 1.33. The maximum Gasteiger partial charge on any atom is 0.206 e. The second-order valence-corrected chi connectivity index (χ2v) is 2.98. The van der Waals surface area contributed by atoms with Gasteiger partial charge in [-0.3, -0.25) is 9.59 Å². The second kappa shape index (κ2) is 3.13. The summed E-state index contributed by atoms with van der Waals surface area (Å²) in [6.45, 7) is 0. The average molecular weight is 206 g/mol. The molecule has 76 valence electrons. The van der Waals surface area contributed by atoms with E-state index in [2.05, 4.69) is 0 Å². The Labute approximate surface area is 83.2 Å². The maximum atomic E-state index is 11.6. The van der Waals surface area contributed by atoms with Crippen LogP contribution in [0.1, 0.15) is 10.4 Å². The lowest BCUT2D eigenvalue weighted by Crippen LogP contribution is -2.07. The zero-order chi connectivity index (χ0) is 11.0. The smallest absolute Gasteiger partial charge is 0.206 e. The van der Waals surface area contributed by atoms with Crippen molar-refractivity contribution in [3.05, 3.63) is 34.2 Å². The van der Waals surface area contributed by atoms with E-state index in [1.54, 1.807) is 0 Å². The Bertz CT molecular complexity index is 597. The molecule has 1 aromatic heterocycles.